The van der Waals surface area contributed by atoms with Crippen LogP contribution in [0.2, 0.25) is 0 Å². The van der Waals surface area contributed by atoms with Crippen molar-refractivity contribution in [2.24, 2.45) is 0 Å². The van der Waals surface area contributed by atoms with Crippen molar-refractivity contribution in [1.82, 2.24) is 4.40 Å². The number of hydrogen-bond donors (Lipinski definition) is 1. The number of aryl methyl sites for hydroxylation is 1. The second kappa shape index (κ2) is 7.68. The minimum atomic E-state index is -0.890. The van der Waals surface area contributed by atoms with Crippen LogP contribution in [0.1, 0.15) is 40.7 Å². The van der Waals surface area contributed by atoms with Gasteiger partial charge >= 0.3 is 5.97 Å². The maximum absolute atomic E-state index is 10.6. The Morgan fingerprint density at radius 1 is 0.933 bits per heavy atom. The Balaban J connectivity index is 0.000000140. The van der Waals surface area contributed by atoms with E-state index in [2.05, 4.69) is 48.6 Å². The highest BCUT2D eigenvalue weighted by atomic mass is 16.4. The van der Waals surface area contributed by atoms with E-state index in [1.807, 2.05) is 24.4 Å². The molecule has 2 aliphatic carbocycles. The molecule has 0 unspecified atom stereocenters. The van der Waals surface area contributed by atoms with E-state index in [1.54, 1.807) is 27.8 Å². The molecular weight excluding hydrogens is 370 g/mol. The fraction of sp³-hybridized carbons (Fsp3) is 0.148. The largest absolute Gasteiger partial charge is 0.478 e. The van der Waals surface area contributed by atoms with Gasteiger partial charge in [0.25, 0.3) is 0 Å². The SMILES string of the molecule is C1=CC2=C(CC1)CCc1c2ccc2ccccc12.O=C(O)c1cc2ccccn2c1. The van der Waals surface area contributed by atoms with Crippen LogP contribution in [0.15, 0.2) is 90.8 Å². The zero-order chi connectivity index (χ0) is 20.5. The molecule has 0 saturated heterocycles. The first-order chi connectivity index (χ1) is 14.7. The molecule has 6 rings (SSSR count). The number of allylic oxidation sites excluding steroid dienone is 4. The number of aromatic carboxylic acids is 1. The second-order valence-electron chi connectivity index (χ2n) is 7.84. The molecule has 30 heavy (non-hydrogen) atoms. The highest BCUT2D eigenvalue weighted by Gasteiger charge is 2.20. The van der Waals surface area contributed by atoms with Crippen LogP contribution in [0.25, 0.3) is 21.9 Å². The Bertz CT molecular complexity index is 1290. The van der Waals surface area contributed by atoms with Crippen LogP contribution in [0.4, 0.5) is 0 Å². The van der Waals surface area contributed by atoms with Crippen molar-refractivity contribution in [2.75, 3.05) is 0 Å². The molecule has 1 N–H and O–H groups in total. The number of carboxylic acids is 1. The lowest BCUT2D eigenvalue weighted by atomic mass is 9.80. The predicted octanol–water partition coefficient (Wildman–Crippen LogP) is 6.53. The van der Waals surface area contributed by atoms with E-state index in [0.29, 0.717) is 5.56 Å². The molecule has 2 aliphatic rings. The number of nitrogens with zero attached hydrogens (tertiary/aromatic N) is 1. The van der Waals surface area contributed by atoms with Crippen LogP contribution >= 0.6 is 0 Å². The normalized spacial score (nSPS) is 14.8. The fourth-order valence-corrected chi connectivity index (χ4v) is 4.56. The van der Waals surface area contributed by atoms with Gasteiger partial charge in [0, 0.05) is 17.9 Å². The van der Waals surface area contributed by atoms with E-state index in [0.717, 1.165) is 5.52 Å². The zero-order valence-corrected chi connectivity index (χ0v) is 16.7. The van der Waals surface area contributed by atoms with Crippen molar-refractivity contribution in [3.05, 3.63) is 107 Å². The van der Waals surface area contributed by atoms with Gasteiger partial charge in [-0.15, -0.1) is 0 Å². The van der Waals surface area contributed by atoms with E-state index in [-0.39, 0.29) is 0 Å². The Labute approximate surface area is 175 Å². The van der Waals surface area contributed by atoms with Crippen molar-refractivity contribution < 1.29 is 9.90 Å². The number of benzene rings is 2. The minimum Gasteiger partial charge on any atom is -0.478 e. The number of carbonyl (C=O) groups is 1. The van der Waals surface area contributed by atoms with E-state index >= 15 is 0 Å². The number of hydrogen-bond acceptors (Lipinski definition) is 1. The maximum atomic E-state index is 10.6. The molecule has 148 valence electrons. The molecule has 0 saturated carbocycles. The number of rotatable bonds is 1. The first kappa shape index (κ1) is 18.4. The van der Waals surface area contributed by atoms with Gasteiger partial charge in [-0.2, -0.15) is 0 Å². The van der Waals surface area contributed by atoms with Crippen LogP contribution in [0.5, 0.6) is 0 Å². The second-order valence-corrected chi connectivity index (χ2v) is 7.84. The molecule has 0 aliphatic heterocycles. The number of pyridine rings is 1. The Morgan fingerprint density at radius 2 is 1.80 bits per heavy atom. The standard InChI is InChI=1S/C18H16.C9H7NO2/c1-3-7-15-13(5-1)9-11-18-16-8-4-2-6-14(16)10-12-17(15)18;11-9(12)7-5-8-3-1-2-4-10(8)6-7/h1,3-5,7-9,11H,2,6,10,12H2;1-6H,(H,11,12). The third kappa shape index (κ3) is 3.33. The van der Waals surface area contributed by atoms with Crippen LogP contribution < -0.4 is 0 Å². The first-order valence-electron chi connectivity index (χ1n) is 10.4. The summed E-state index contributed by atoms with van der Waals surface area (Å²) in [7, 11) is 0. The molecule has 3 heteroatoms. The number of carboxylic acid groups (broad SMARTS) is 1. The van der Waals surface area contributed by atoms with Gasteiger partial charge in [-0.3, -0.25) is 0 Å². The van der Waals surface area contributed by atoms with E-state index < -0.39 is 5.97 Å². The highest BCUT2D eigenvalue weighted by molar-refractivity contribution is 5.93. The highest BCUT2D eigenvalue weighted by Crippen LogP contribution is 2.39. The van der Waals surface area contributed by atoms with Crippen molar-refractivity contribution in [2.45, 2.75) is 25.7 Å². The molecule has 4 aromatic rings. The van der Waals surface area contributed by atoms with Crippen LogP contribution in [0, 0.1) is 0 Å². The molecule has 2 aromatic heterocycles. The summed E-state index contributed by atoms with van der Waals surface area (Å²) in [6.45, 7) is 0. The van der Waals surface area contributed by atoms with E-state index in [1.165, 1.54) is 47.6 Å². The summed E-state index contributed by atoms with van der Waals surface area (Å²) in [5, 5.41) is 11.5. The summed E-state index contributed by atoms with van der Waals surface area (Å²) in [5.41, 5.74) is 7.42. The molecule has 0 spiro atoms. The Kier molecular flexibility index (Phi) is 4.72. The molecular formula is C27H23NO2. The van der Waals surface area contributed by atoms with Crippen molar-refractivity contribution in [3.63, 3.8) is 0 Å². The molecule has 0 atom stereocenters. The molecule has 0 fully saturated rings. The van der Waals surface area contributed by atoms with Gasteiger partial charge in [-0.25, -0.2) is 4.79 Å². The molecule has 3 nitrogen and oxygen atoms in total. The van der Waals surface area contributed by atoms with Crippen molar-refractivity contribution in [1.29, 1.82) is 0 Å². The lowest BCUT2D eigenvalue weighted by Gasteiger charge is -2.25. The summed E-state index contributed by atoms with van der Waals surface area (Å²) >= 11 is 0. The lowest BCUT2D eigenvalue weighted by Crippen LogP contribution is -2.06. The summed E-state index contributed by atoms with van der Waals surface area (Å²) in [6, 6.07) is 20.6. The summed E-state index contributed by atoms with van der Waals surface area (Å²) in [6.07, 6.45) is 13.0. The molecule has 0 amide bonds. The van der Waals surface area contributed by atoms with Gasteiger partial charge in [0.1, 0.15) is 0 Å². The fourth-order valence-electron chi connectivity index (χ4n) is 4.56. The van der Waals surface area contributed by atoms with E-state index in [9.17, 15) is 4.79 Å². The third-order valence-electron chi connectivity index (χ3n) is 6.04. The summed E-state index contributed by atoms with van der Waals surface area (Å²) < 4.78 is 1.78. The average molecular weight is 393 g/mol. The number of aromatic nitrogens is 1. The monoisotopic (exact) mass is 393 g/mol. The summed E-state index contributed by atoms with van der Waals surface area (Å²) in [4.78, 5) is 10.6. The molecule has 2 aromatic carbocycles. The van der Waals surface area contributed by atoms with Crippen LogP contribution in [-0.4, -0.2) is 15.5 Å². The topological polar surface area (TPSA) is 41.7 Å². The van der Waals surface area contributed by atoms with Gasteiger partial charge in [0.15, 0.2) is 0 Å². The Morgan fingerprint density at radius 3 is 2.67 bits per heavy atom. The third-order valence-corrected chi connectivity index (χ3v) is 6.04. The molecule has 0 bridgehead atoms. The van der Waals surface area contributed by atoms with Gasteiger partial charge in [0.2, 0.25) is 0 Å². The molecule has 0 radical (unpaired) electrons. The van der Waals surface area contributed by atoms with Crippen molar-refractivity contribution in [3.8, 4) is 0 Å². The summed E-state index contributed by atoms with van der Waals surface area (Å²) in [5.74, 6) is -0.890. The smallest absolute Gasteiger partial charge is 0.337 e. The van der Waals surface area contributed by atoms with Gasteiger partial charge in [-0.1, -0.05) is 60.2 Å². The van der Waals surface area contributed by atoms with Crippen molar-refractivity contribution >= 4 is 27.8 Å². The zero-order valence-electron chi connectivity index (χ0n) is 16.7. The van der Waals surface area contributed by atoms with Gasteiger partial charge in [0.05, 0.1) is 5.56 Å². The van der Waals surface area contributed by atoms with E-state index in [4.69, 9.17) is 5.11 Å². The maximum Gasteiger partial charge on any atom is 0.337 e. The molecule has 2 heterocycles. The number of fused-ring (bicyclic) bond motifs is 5. The quantitative estimate of drug-likeness (QED) is 0.400. The van der Waals surface area contributed by atoms with Gasteiger partial charge in [-0.05, 0) is 71.4 Å². The average Bonchev–Trinajstić information content (AvgIpc) is 3.24. The van der Waals surface area contributed by atoms with Crippen LogP contribution in [-0.2, 0) is 6.42 Å². The lowest BCUT2D eigenvalue weighted by molar-refractivity contribution is 0.0697. The van der Waals surface area contributed by atoms with Gasteiger partial charge < -0.3 is 9.51 Å². The van der Waals surface area contributed by atoms with Crippen LogP contribution in [0.3, 0.4) is 0 Å². The Hall–Kier alpha value is -3.59. The first-order valence-corrected chi connectivity index (χ1v) is 10.4. The minimum absolute atomic E-state index is 0.321. The predicted molar refractivity (Wildman–Crippen MR) is 122 cm³/mol.